The minimum Gasteiger partial charge on any atom is -0.306 e. The maximum Gasteiger partial charge on any atom is 0.238 e. The molecule has 0 atom stereocenters. The summed E-state index contributed by atoms with van der Waals surface area (Å²) >= 11 is 0. The van der Waals surface area contributed by atoms with Gasteiger partial charge in [0.2, 0.25) is 5.95 Å². The smallest absolute Gasteiger partial charge is 0.238 e. The highest BCUT2D eigenvalue weighted by Crippen LogP contribution is 2.46. The summed E-state index contributed by atoms with van der Waals surface area (Å²) in [4.78, 5) is 15.5. The van der Waals surface area contributed by atoms with E-state index in [0.29, 0.717) is 17.6 Å². The van der Waals surface area contributed by atoms with E-state index in [-0.39, 0.29) is 0 Å². The molecule has 0 radical (unpaired) electrons. The van der Waals surface area contributed by atoms with Crippen molar-refractivity contribution in [1.29, 1.82) is 0 Å². The van der Waals surface area contributed by atoms with E-state index in [2.05, 4.69) is 135 Å². The van der Waals surface area contributed by atoms with Crippen LogP contribution >= 0.6 is 0 Å². The maximum atomic E-state index is 5.24. The van der Waals surface area contributed by atoms with Gasteiger partial charge in [0.1, 0.15) is 0 Å². The number of benzene rings is 7. The van der Waals surface area contributed by atoms with Crippen molar-refractivity contribution in [2.75, 3.05) is 0 Å². The van der Waals surface area contributed by atoms with Gasteiger partial charge in [-0.1, -0.05) is 121 Å². The maximum absolute atomic E-state index is 5.24. The lowest BCUT2D eigenvalue weighted by Gasteiger charge is -2.11. The van der Waals surface area contributed by atoms with Crippen LogP contribution in [-0.4, -0.2) is 28.3 Å². The van der Waals surface area contributed by atoms with Crippen molar-refractivity contribution in [3.05, 3.63) is 158 Å². The van der Waals surface area contributed by atoms with Gasteiger partial charge in [0.05, 0.1) is 44.1 Å². The second kappa shape index (κ2) is 9.77. The van der Waals surface area contributed by atoms with Crippen LogP contribution < -0.4 is 0 Å². The van der Waals surface area contributed by atoms with Crippen molar-refractivity contribution >= 4 is 76.5 Å². The molecule has 0 unspecified atom stereocenters. The topological polar surface area (TPSA) is 52.4 Å². The second-order valence-corrected chi connectivity index (χ2v) is 13.3. The standard InChI is InChI=1S/C45H26N6/c1-3-13-27(14-4-1)43-46-44(28-15-5-2-6-16-28)48-45(47-43)51-37-25-23-31-29-17-7-9-19-33(29)49-35-21-11-12-22-36(35)50-34-20-10-8-18-30(34)32-24-26-38(51)40(42(32)50)39(37)41(31)49/h1-26H. The van der Waals surface area contributed by atoms with Crippen LogP contribution in [0.2, 0.25) is 0 Å². The van der Waals surface area contributed by atoms with Crippen LogP contribution in [0.15, 0.2) is 158 Å². The van der Waals surface area contributed by atoms with Gasteiger partial charge >= 0.3 is 0 Å². The van der Waals surface area contributed by atoms with Gasteiger partial charge in [0, 0.05) is 43.4 Å². The van der Waals surface area contributed by atoms with Gasteiger partial charge in [-0.05, 0) is 36.4 Å². The van der Waals surface area contributed by atoms with E-state index < -0.39 is 0 Å². The molecule has 12 aromatic rings. The SMILES string of the molecule is c1ccc(-c2nc(-c3ccccc3)nc(-n3c4ccc5c6ccccc6n6c7ccccc7n7c8ccccc8c8ccc3c(c4c56)c87)n2)cc1. The van der Waals surface area contributed by atoms with E-state index in [1.807, 2.05) is 36.4 Å². The number of hydrogen-bond donors (Lipinski definition) is 0. The fourth-order valence-electron chi connectivity index (χ4n) is 8.54. The fourth-order valence-corrected chi connectivity index (χ4v) is 8.54. The zero-order valence-electron chi connectivity index (χ0n) is 27.2. The molecular formula is C45H26N6. The van der Waals surface area contributed by atoms with Crippen LogP contribution in [0, 0.1) is 0 Å². The Bertz CT molecular complexity index is 3130. The molecule has 0 saturated carbocycles. The quantitative estimate of drug-likeness (QED) is 0.191. The zero-order chi connectivity index (χ0) is 33.2. The summed E-state index contributed by atoms with van der Waals surface area (Å²) in [6.45, 7) is 0. The molecule has 0 saturated heterocycles. The lowest BCUT2D eigenvalue weighted by Crippen LogP contribution is -2.06. The minimum atomic E-state index is 0.587. The predicted molar refractivity (Wildman–Crippen MR) is 208 cm³/mol. The Hall–Kier alpha value is -7.05. The summed E-state index contributed by atoms with van der Waals surface area (Å²) < 4.78 is 7.20. The second-order valence-electron chi connectivity index (χ2n) is 13.3. The molecule has 51 heavy (non-hydrogen) atoms. The third-order valence-electron chi connectivity index (χ3n) is 10.6. The van der Waals surface area contributed by atoms with Gasteiger partial charge in [0.15, 0.2) is 11.6 Å². The number of hydrogen-bond acceptors (Lipinski definition) is 3. The number of rotatable bonds is 3. The zero-order valence-corrected chi connectivity index (χ0v) is 27.2. The molecule has 6 heteroatoms. The molecule has 0 amide bonds. The molecular weight excluding hydrogens is 625 g/mol. The summed E-state index contributed by atoms with van der Waals surface area (Å²) in [6.07, 6.45) is 0. The molecule has 0 N–H and O–H groups in total. The first kappa shape index (κ1) is 26.9. The summed E-state index contributed by atoms with van der Waals surface area (Å²) in [7, 11) is 0. The third-order valence-corrected chi connectivity index (χ3v) is 10.6. The Morgan fingerprint density at radius 2 is 0.725 bits per heavy atom. The molecule has 0 aliphatic heterocycles. The highest BCUT2D eigenvalue weighted by Gasteiger charge is 2.26. The Morgan fingerprint density at radius 3 is 1.20 bits per heavy atom. The molecule has 6 nitrogen and oxygen atoms in total. The van der Waals surface area contributed by atoms with Gasteiger partial charge in [0.25, 0.3) is 0 Å². The van der Waals surface area contributed by atoms with Crippen molar-refractivity contribution in [3.63, 3.8) is 0 Å². The summed E-state index contributed by atoms with van der Waals surface area (Å²) in [5, 5.41) is 7.27. The first-order valence-electron chi connectivity index (χ1n) is 17.2. The normalized spacial score (nSPS) is 12.3. The van der Waals surface area contributed by atoms with Crippen LogP contribution in [0.25, 0.3) is 105 Å². The number of fused-ring (bicyclic) bond motifs is 9. The van der Waals surface area contributed by atoms with Crippen molar-refractivity contribution in [2.45, 2.75) is 0 Å². The van der Waals surface area contributed by atoms with E-state index in [4.69, 9.17) is 15.0 Å². The Balaban J connectivity index is 1.37. The summed E-state index contributed by atoms with van der Waals surface area (Å²) in [5.74, 6) is 1.86. The molecule has 236 valence electrons. The van der Waals surface area contributed by atoms with E-state index in [1.54, 1.807) is 0 Å². The average molecular weight is 651 g/mol. The van der Waals surface area contributed by atoms with Gasteiger partial charge in [-0.2, -0.15) is 9.97 Å². The van der Waals surface area contributed by atoms with Gasteiger partial charge < -0.3 is 8.80 Å². The summed E-state index contributed by atoms with van der Waals surface area (Å²) in [6, 6.07) is 55.8. The van der Waals surface area contributed by atoms with Crippen LogP contribution in [-0.2, 0) is 0 Å². The number of aromatic nitrogens is 6. The van der Waals surface area contributed by atoms with Crippen LogP contribution in [0.3, 0.4) is 0 Å². The largest absolute Gasteiger partial charge is 0.306 e. The fraction of sp³-hybridized carbons (Fsp3) is 0. The Labute approximate surface area is 290 Å². The van der Waals surface area contributed by atoms with E-state index in [1.165, 1.54) is 54.4 Å². The van der Waals surface area contributed by atoms with Crippen molar-refractivity contribution in [2.24, 2.45) is 0 Å². The van der Waals surface area contributed by atoms with E-state index in [0.717, 1.165) is 33.2 Å². The van der Waals surface area contributed by atoms with Crippen molar-refractivity contribution < 1.29 is 0 Å². The highest BCUT2D eigenvalue weighted by atomic mass is 15.2. The highest BCUT2D eigenvalue weighted by molar-refractivity contribution is 6.33. The first-order chi connectivity index (χ1) is 25.3. The monoisotopic (exact) mass is 650 g/mol. The first-order valence-corrected chi connectivity index (χ1v) is 17.2. The lowest BCUT2D eigenvalue weighted by molar-refractivity contribution is 0.954. The lowest BCUT2D eigenvalue weighted by atomic mass is 10.0. The van der Waals surface area contributed by atoms with Gasteiger partial charge in [-0.25, -0.2) is 4.98 Å². The van der Waals surface area contributed by atoms with Gasteiger partial charge in [-0.3, -0.25) is 4.57 Å². The average Bonchev–Trinajstić information content (AvgIpc) is 3.83. The Kier molecular flexibility index (Phi) is 5.14. The van der Waals surface area contributed by atoms with Gasteiger partial charge in [-0.15, -0.1) is 0 Å². The third kappa shape index (κ3) is 3.48. The molecule has 0 spiro atoms. The molecule has 0 bridgehead atoms. The van der Waals surface area contributed by atoms with Crippen molar-refractivity contribution in [1.82, 2.24) is 28.3 Å². The minimum absolute atomic E-state index is 0.587. The molecule has 5 heterocycles. The van der Waals surface area contributed by atoms with Crippen LogP contribution in [0.4, 0.5) is 0 Å². The molecule has 0 aliphatic rings. The predicted octanol–water partition coefficient (Wildman–Crippen LogP) is 10.9. The molecule has 0 fully saturated rings. The van der Waals surface area contributed by atoms with E-state index >= 15 is 0 Å². The van der Waals surface area contributed by atoms with E-state index in [9.17, 15) is 0 Å². The number of nitrogens with zero attached hydrogens (tertiary/aromatic N) is 6. The molecule has 0 aliphatic carbocycles. The molecule has 7 aromatic carbocycles. The van der Waals surface area contributed by atoms with Crippen LogP contribution in [0.5, 0.6) is 0 Å². The Morgan fingerprint density at radius 1 is 0.314 bits per heavy atom. The molecule has 12 rings (SSSR count). The van der Waals surface area contributed by atoms with Crippen molar-refractivity contribution in [3.8, 4) is 28.7 Å². The van der Waals surface area contributed by atoms with Crippen LogP contribution in [0.1, 0.15) is 0 Å². The summed E-state index contributed by atoms with van der Waals surface area (Å²) in [5.41, 5.74) is 11.0. The molecule has 5 aromatic heterocycles. The number of para-hydroxylation sites is 4.